The minimum atomic E-state index is -3.60. The summed E-state index contributed by atoms with van der Waals surface area (Å²) in [6, 6.07) is 14.2. The molecule has 0 aliphatic rings. The Morgan fingerprint density at radius 2 is 1.90 bits per heavy atom. The van der Waals surface area contributed by atoms with Crippen LogP contribution in [0.15, 0.2) is 69.1 Å². The van der Waals surface area contributed by atoms with Gasteiger partial charge < -0.3 is 5.32 Å². The second-order valence-electron chi connectivity index (χ2n) is 6.16. The molecule has 3 aromatic rings. The summed E-state index contributed by atoms with van der Waals surface area (Å²) in [6.07, 6.45) is 0. The van der Waals surface area contributed by atoms with Gasteiger partial charge in [0.2, 0.25) is 5.91 Å². The van der Waals surface area contributed by atoms with Gasteiger partial charge in [-0.15, -0.1) is 23.1 Å². The number of thiophene rings is 1. The molecular formula is C19H17N3O5S3. The van der Waals surface area contributed by atoms with E-state index in [1.165, 1.54) is 36.0 Å². The molecule has 0 radical (unpaired) electrons. The van der Waals surface area contributed by atoms with E-state index in [0.29, 0.717) is 16.9 Å². The Morgan fingerprint density at radius 3 is 2.50 bits per heavy atom. The summed E-state index contributed by atoms with van der Waals surface area (Å²) in [5, 5.41) is 15.2. The van der Waals surface area contributed by atoms with Crippen molar-refractivity contribution in [2.75, 3.05) is 15.8 Å². The van der Waals surface area contributed by atoms with Gasteiger partial charge in [0.1, 0.15) is 4.21 Å². The Kier molecular flexibility index (Phi) is 6.75. The first-order valence-electron chi connectivity index (χ1n) is 8.59. The maximum Gasteiger partial charge on any atom is 0.271 e. The molecule has 30 heavy (non-hydrogen) atoms. The number of carbonyl (C=O) groups is 1. The number of hydrogen-bond donors (Lipinski definition) is 2. The predicted octanol–water partition coefficient (Wildman–Crippen LogP) is 4.50. The van der Waals surface area contributed by atoms with E-state index in [1.807, 2.05) is 0 Å². The summed E-state index contributed by atoms with van der Waals surface area (Å²) >= 11 is 2.43. The number of amides is 1. The Bertz CT molecular complexity index is 1160. The molecule has 1 heterocycles. The van der Waals surface area contributed by atoms with Crippen molar-refractivity contribution >= 4 is 56.1 Å². The highest BCUT2D eigenvalue weighted by molar-refractivity contribution is 8.00. The Morgan fingerprint density at radius 1 is 1.17 bits per heavy atom. The maximum atomic E-state index is 12.2. The molecule has 0 aliphatic carbocycles. The van der Waals surface area contributed by atoms with Gasteiger partial charge in [0.05, 0.1) is 10.7 Å². The molecule has 11 heteroatoms. The molecule has 0 atom stereocenters. The number of nitro groups is 1. The highest BCUT2D eigenvalue weighted by Gasteiger charge is 2.15. The zero-order chi connectivity index (χ0) is 21.7. The monoisotopic (exact) mass is 463 g/mol. The topological polar surface area (TPSA) is 118 Å². The summed E-state index contributed by atoms with van der Waals surface area (Å²) in [7, 11) is -3.60. The highest BCUT2D eigenvalue weighted by atomic mass is 32.2. The number of sulfonamides is 1. The Hall–Kier alpha value is -2.89. The second kappa shape index (κ2) is 9.28. The smallest absolute Gasteiger partial charge is 0.271 e. The standard InChI is InChI=1S/C19H17N3O5S3/c1-13-11-15(22(24)25)6-9-17(13)20-18(23)12-29-16-7-4-14(5-8-16)21-30(26,27)19-3-2-10-28-19/h2-11,21H,12H2,1H3,(H,20,23). The van der Waals surface area contributed by atoms with Gasteiger partial charge in [-0.05, 0) is 54.3 Å². The van der Waals surface area contributed by atoms with E-state index in [2.05, 4.69) is 10.0 Å². The molecule has 0 spiro atoms. The summed E-state index contributed by atoms with van der Waals surface area (Å²) in [4.78, 5) is 23.3. The zero-order valence-corrected chi connectivity index (χ0v) is 18.1. The van der Waals surface area contributed by atoms with Crippen LogP contribution in [0.25, 0.3) is 0 Å². The first kappa shape index (κ1) is 21.8. The molecule has 0 fully saturated rings. The lowest BCUT2D eigenvalue weighted by Gasteiger charge is -2.09. The molecule has 0 saturated carbocycles. The molecule has 3 rings (SSSR count). The van der Waals surface area contributed by atoms with E-state index < -0.39 is 14.9 Å². The maximum absolute atomic E-state index is 12.2. The van der Waals surface area contributed by atoms with E-state index in [4.69, 9.17) is 0 Å². The van der Waals surface area contributed by atoms with E-state index in [-0.39, 0.29) is 21.6 Å². The third kappa shape index (κ3) is 5.59. The number of thioether (sulfide) groups is 1. The highest BCUT2D eigenvalue weighted by Crippen LogP contribution is 2.25. The molecular weight excluding hydrogens is 446 g/mol. The third-order valence-electron chi connectivity index (χ3n) is 3.93. The van der Waals surface area contributed by atoms with Crippen molar-refractivity contribution in [2.45, 2.75) is 16.0 Å². The SMILES string of the molecule is Cc1cc([N+](=O)[O-])ccc1NC(=O)CSc1ccc(NS(=O)(=O)c2cccs2)cc1. The van der Waals surface area contributed by atoms with Crippen molar-refractivity contribution in [3.8, 4) is 0 Å². The van der Waals surface area contributed by atoms with Gasteiger partial charge in [-0.1, -0.05) is 6.07 Å². The van der Waals surface area contributed by atoms with Crippen molar-refractivity contribution in [3.05, 3.63) is 75.7 Å². The molecule has 1 aromatic heterocycles. The number of anilines is 2. The largest absolute Gasteiger partial charge is 0.325 e. The van der Waals surface area contributed by atoms with Crippen molar-refractivity contribution in [3.63, 3.8) is 0 Å². The number of non-ortho nitro benzene ring substituents is 1. The van der Waals surface area contributed by atoms with Crippen LogP contribution < -0.4 is 10.0 Å². The summed E-state index contributed by atoms with van der Waals surface area (Å²) in [5.74, 6) is -0.115. The van der Waals surface area contributed by atoms with Crippen LogP contribution in [0.4, 0.5) is 17.1 Å². The summed E-state index contributed by atoms with van der Waals surface area (Å²) in [5.41, 5.74) is 1.52. The molecule has 2 aromatic carbocycles. The van der Waals surface area contributed by atoms with Crippen molar-refractivity contribution in [2.24, 2.45) is 0 Å². The van der Waals surface area contributed by atoms with Gasteiger partial charge in [-0.3, -0.25) is 19.6 Å². The Balaban J connectivity index is 1.55. The van der Waals surface area contributed by atoms with Gasteiger partial charge in [-0.25, -0.2) is 8.42 Å². The number of nitrogens with one attached hydrogen (secondary N) is 2. The lowest BCUT2D eigenvalue weighted by molar-refractivity contribution is -0.384. The van der Waals surface area contributed by atoms with Crippen LogP contribution in [-0.4, -0.2) is 25.0 Å². The normalized spacial score (nSPS) is 11.1. The minimum Gasteiger partial charge on any atom is -0.325 e. The first-order valence-corrected chi connectivity index (χ1v) is 11.9. The number of carbonyl (C=O) groups excluding carboxylic acids is 1. The minimum absolute atomic E-state index is 0.0327. The van der Waals surface area contributed by atoms with Crippen LogP contribution in [0.1, 0.15) is 5.56 Å². The molecule has 2 N–H and O–H groups in total. The number of nitrogens with zero attached hydrogens (tertiary/aromatic N) is 1. The Labute approximate surface area is 181 Å². The second-order valence-corrected chi connectivity index (χ2v) is 10.1. The fourth-order valence-electron chi connectivity index (χ4n) is 2.48. The zero-order valence-electron chi connectivity index (χ0n) is 15.7. The molecule has 0 unspecified atom stereocenters. The van der Waals surface area contributed by atoms with Crippen molar-refractivity contribution in [1.82, 2.24) is 0 Å². The van der Waals surface area contributed by atoms with Crippen molar-refractivity contribution < 1.29 is 18.1 Å². The quantitative estimate of drug-likeness (QED) is 0.288. The average Bonchev–Trinajstić information content (AvgIpc) is 3.24. The van der Waals surface area contributed by atoms with Gasteiger partial charge in [0, 0.05) is 28.4 Å². The van der Waals surface area contributed by atoms with E-state index in [0.717, 1.165) is 16.2 Å². The van der Waals surface area contributed by atoms with E-state index in [9.17, 15) is 23.3 Å². The average molecular weight is 464 g/mol. The molecule has 8 nitrogen and oxygen atoms in total. The van der Waals surface area contributed by atoms with Crippen LogP contribution in [-0.2, 0) is 14.8 Å². The summed E-state index contributed by atoms with van der Waals surface area (Å²) in [6.45, 7) is 1.69. The third-order valence-corrected chi connectivity index (χ3v) is 7.72. The van der Waals surface area contributed by atoms with Crippen molar-refractivity contribution in [1.29, 1.82) is 0 Å². The number of benzene rings is 2. The van der Waals surface area contributed by atoms with E-state index >= 15 is 0 Å². The van der Waals surface area contributed by atoms with E-state index in [1.54, 1.807) is 42.6 Å². The fourth-order valence-corrected chi connectivity index (χ4v) is 5.23. The number of aryl methyl sites for hydroxylation is 1. The fraction of sp³-hybridized carbons (Fsp3) is 0.105. The van der Waals surface area contributed by atoms with Crippen LogP contribution in [0, 0.1) is 17.0 Å². The van der Waals surface area contributed by atoms with Crippen LogP contribution >= 0.6 is 23.1 Å². The van der Waals surface area contributed by atoms with Gasteiger partial charge >= 0.3 is 0 Å². The molecule has 0 aliphatic heterocycles. The number of nitro benzene ring substituents is 1. The van der Waals surface area contributed by atoms with Crippen LogP contribution in [0.5, 0.6) is 0 Å². The molecule has 156 valence electrons. The lowest BCUT2D eigenvalue weighted by Crippen LogP contribution is -2.15. The lowest BCUT2D eigenvalue weighted by atomic mass is 10.2. The number of rotatable bonds is 8. The van der Waals surface area contributed by atoms with Gasteiger partial charge in [0.25, 0.3) is 15.7 Å². The first-order chi connectivity index (χ1) is 14.2. The summed E-state index contributed by atoms with van der Waals surface area (Å²) < 4.78 is 27.2. The number of hydrogen-bond acceptors (Lipinski definition) is 7. The molecule has 0 bridgehead atoms. The predicted molar refractivity (Wildman–Crippen MR) is 119 cm³/mol. The van der Waals surface area contributed by atoms with Gasteiger partial charge in [-0.2, -0.15) is 0 Å². The van der Waals surface area contributed by atoms with Crippen LogP contribution in [0.2, 0.25) is 0 Å². The molecule has 0 saturated heterocycles. The van der Waals surface area contributed by atoms with Gasteiger partial charge in [0.15, 0.2) is 0 Å². The molecule has 1 amide bonds. The van der Waals surface area contributed by atoms with Crippen LogP contribution in [0.3, 0.4) is 0 Å².